The molecule has 0 saturated carbocycles. The van der Waals surface area contributed by atoms with Crippen molar-refractivity contribution in [2.24, 2.45) is 17.8 Å². The molecule has 3 aromatic carbocycles. The van der Waals surface area contributed by atoms with Gasteiger partial charge in [0, 0.05) is 22.5 Å². The van der Waals surface area contributed by atoms with E-state index in [2.05, 4.69) is 5.32 Å². The van der Waals surface area contributed by atoms with Gasteiger partial charge < -0.3 is 10.1 Å². The molecule has 0 radical (unpaired) electrons. The molecule has 3 amide bonds. The fourth-order valence-electron chi connectivity index (χ4n) is 6.91. The maximum atomic E-state index is 14.1. The summed E-state index contributed by atoms with van der Waals surface area (Å²) in [7, 11) is 0. The molecular formula is C33H31ClN2O5. The summed E-state index contributed by atoms with van der Waals surface area (Å²) in [5, 5.41) is 3.17. The SMILES string of the molecule is Cc1ccc(Cl)cc1NC(=O)COC(=O)[C@H](CC(C)C)N1C(=O)[C@@H]2C3c4ccccc4C(c4ccccc43)[C@H]2C1=O. The lowest BCUT2D eigenvalue weighted by molar-refractivity contribution is -0.160. The predicted octanol–water partition coefficient (Wildman–Crippen LogP) is 5.44. The van der Waals surface area contributed by atoms with Gasteiger partial charge in [-0.3, -0.25) is 19.3 Å². The Bertz CT molecular complexity index is 1470. The van der Waals surface area contributed by atoms with E-state index in [0.717, 1.165) is 32.7 Å². The first-order chi connectivity index (χ1) is 19.7. The Morgan fingerprint density at radius 2 is 1.39 bits per heavy atom. The van der Waals surface area contributed by atoms with Crippen LogP contribution in [0.1, 0.15) is 59.9 Å². The van der Waals surface area contributed by atoms with E-state index in [9.17, 15) is 19.2 Å². The molecule has 1 saturated heterocycles. The largest absolute Gasteiger partial charge is 0.454 e. The predicted molar refractivity (Wildman–Crippen MR) is 154 cm³/mol. The van der Waals surface area contributed by atoms with Crippen molar-refractivity contribution in [3.63, 3.8) is 0 Å². The van der Waals surface area contributed by atoms with Gasteiger partial charge in [0.25, 0.3) is 5.91 Å². The van der Waals surface area contributed by atoms with Gasteiger partial charge in [-0.25, -0.2) is 4.79 Å². The third-order valence-corrected chi connectivity index (χ3v) is 8.82. The van der Waals surface area contributed by atoms with Crippen LogP contribution in [0, 0.1) is 24.7 Å². The van der Waals surface area contributed by atoms with Crippen LogP contribution >= 0.6 is 11.6 Å². The Morgan fingerprint density at radius 1 is 0.878 bits per heavy atom. The zero-order valence-electron chi connectivity index (χ0n) is 23.1. The molecule has 0 aromatic heterocycles. The Labute approximate surface area is 243 Å². The number of hydrogen-bond donors (Lipinski definition) is 1. The molecule has 2 bridgehead atoms. The van der Waals surface area contributed by atoms with Gasteiger partial charge in [0.05, 0.1) is 11.8 Å². The highest BCUT2D eigenvalue weighted by atomic mass is 35.5. The van der Waals surface area contributed by atoms with Crippen molar-refractivity contribution in [3.05, 3.63) is 99.6 Å². The van der Waals surface area contributed by atoms with Crippen molar-refractivity contribution < 1.29 is 23.9 Å². The number of hydrogen-bond acceptors (Lipinski definition) is 5. The number of benzene rings is 3. The Balaban J connectivity index is 1.27. The molecule has 1 fully saturated rings. The van der Waals surface area contributed by atoms with Gasteiger partial charge in [0.15, 0.2) is 6.61 Å². The second-order valence-corrected chi connectivity index (χ2v) is 12.0. The summed E-state index contributed by atoms with van der Waals surface area (Å²) in [5.74, 6) is -3.71. The number of esters is 1. The van der Waals surface area contributed by atoms with Gasteiger partial charge in [-0.1, -0.05) is 80.0 Å². The van der Waals surface area contributed by atoms with E-state index in [-0.39, 0.29) is 36.0 Å². The molecule has 4 aliphatic rings. The zero-order chi connectivity index (χ0) is 29.0. The van der Waals surface area contributed by atoms with Crippen molar-refractivity contribution in [2.75, 3.05) is 11.9 Å². The maximum absolute atomic E-state index is 14.1. The fraction of sp³-hybridized carbons (Fsp3) is 0.333. The van der Waals surface area contributed by atoms with E-state index in [4.69, 9.17) is 16.3 Å². The Kier molecular flexibility index (Phi) is 6.94. The number of aryl methyl sites for hydroxylation is 1. The molecule has 210 valence electrons. The first-order valence-electron chi connectivity index (χ1n) is 13.9. The Hall–Kier alpha value is -3.97. The number of nitrogens with zero attached hydrogens (tertiary/aromatic N) is 1. The van der Waals surface area contributed by atoms with E-state index >= 15 is 0 Å². The minimum absolute atomic E-state index is 0.00942. The number of likely N-dealkylation sites (tertiary alicyclic amines) is 1. The van der Waals surface area contributed by atoms with Crippen molar-refractivity contribution in [3.8, 4) is 0 Å². The Morgan fingerprint density at radius 3 is 1.88 bits per heavy atom. The van der Waals surface area contributed by atoms with Crippen molar-refractivity contribution in [2.45, 2.75) is 45.1 Å². The minimum atomic E-state index is -1.12. The number of ether oxygens (including phenoxy) is 1. The van der Waals surface area contributed by atoms with Crippen LogP contribution in [0.5, 0.6) is 0 Å². The van der Waals surface area contributed by atoms with E-state index in [1.165, 1.54) is 0 Å². The standard InChI is InChI=1S/C33H31ClN2O5/c1-17(2)14-25(33(40)41-16-26(37)35-24-15-19(34)13-12-18(24)3)36-31(38)29-27-20-8-4-5-9-21(20)28(30(29)32(36)39)23-11-7-6-10-22(23)27/h4-13,15,17,25,27-30H,14,16H2,1-3H3,(H,35,37)/t25-,27?,28?,29+,30+/m0/s1. The number of halogens is 1. The molecular weight excluding hydrogens is 540 g/mol. The molecule has 0 spiro atoms. The third-order valence-electron chi connectivity index (χ3n) is 8.58. The summed E-state index contributed by atoms with van der Waals surface area (Å²) >= 11 is 6.05. The molecule has 1 aliphatic heterocycles. The quantitative estimate of drug-likeness (QED) is 0.302. The number of carbonyl (C=O) groups is 4. The fourth-order valence-corrected chi connectivity index (χ4v) is 7.08. The average Bonchev–Trinajstić information content (AvgIpc) is 3.22. The summed E-state index contributed by atoms with van der Waals surface area (Å²) in [6.45, 7) is 5.11. The average molecular weight is 571 g/mol. The first-order valence-corrected chi connectivity index (χ1v) is 14.3. The summed E-state index contributed by atoms with van der Waals surface area (Å²) in [5.41, 5.74) is 5.58. The molecule has 8 heteroatoms. The monoisotopic (exact) mass is 570 g/mol. The van der Waals surface area contributed by atoms with Crippen LogP contribution in [0.2, 0.25) is 5.02 Å². The number of nitrogens with one attached hydrogen (secondary N) is 1. The molecule has 3 atom stereocenters. The topological polar surface area (TPSA) is 92.8 Å². The number of amides is 3. The van der Waals surface area contributed by atoms with Gasteiger partial charge >= 0.3 is 5.97 Å². The van der Waals surface area contributed by atoms with E-state index < -0.39 is 36.4 Å². The van der Waals surface area contributed by atoms with Crippen molar-refractivity contribution in [1.82, 2.24) is 4.90 Å². The van der Waals surface area contributed by atoms with Crippen LogP contribution in [0.15, 0.2) is 66.7 Å². The summed E-state index contributed by atoms with van der Waals surface area (Å²) in [6.07, 6.45) is 0.236. The van der Waals surface area contributed by atoms with Crippen LogP contribution in [0.25, 0.3) is 0 Å². The smallest absolute Gasteiger partial charge is 0.329 e. The summed E-state index contributed by atoms with van der Waals surface area (Å²) in [4.78, 5) is 55.6. The lowest BCUT2D eigenvalue weighted by Crippen LogP contribution is -2.47. The van der Waals surface area contributed by atoms with Crippen LogP contribution in [0.4, 0.5) is 5.69 Å². The van der Waals surface area contributed by atoms with Gasteiger partial charge in [-0.05, 0) is 59.2 Å². The van der Waals surface area contributed by atoms with E-state index in [1.807, 2.05) is 69.3 Å². The molecule has 3 aliphatic carbocycles. The van der Waals surface area contributed by atoms with Gasteiger partial charge in [0.1, 0.15) is 6.04 Å². The highest BCUT2D eigenvalue weighted by Crippen LogP contribution is 2.61. The first kappa shape index (κ1) is 27.2. The van der Waals surface area contributed by atoms with E-state index in [0.29, 0.717) is 10.7 Å². The number of imide groups is 1. The van der Waals surface area contributed by atoms with Crippen LogP contribution < -0.4 is 5.32 Å². The van der Waals surface area contributed by atoms with Gasteiger partial charge in [0.2, 0.25) is 11.8 Å². The van der Waals surface area contributed by atoms with Crippen LogP contribution in [0.3, 0.4) is 0 Å². The number of carbonyl (C=O) groups excluding carboxylic acids is 4. The molecule has 41 heavy (non-hydrogen) atoms. The second-order valence-electron chi connectivity index (χ2n) is 11.6. The second kappa shape index (κ2) is 10.5. The molecule has 0 unspecified atom stereocenters. The number of anilines is 1. The van der Waals surface area contributed by atoms with Crippen molar-refractivity contribution in [1.29, 1.82) is 0 Å². The number of rotatable bonds is 7. The summed E-state index contributed by atoms with van der Waals surface area (Å²) < 4.78 is 5.43. The molecule has 7 nitrogen and oxygen atoms in total. The third kappa shape index (κ3) is 4.52. The van der Waals surface area contributed by atoms with Gasteiger partial charge in [-0.15, -0.1) is 0 Å². The van der Waals surface area contributed by atoms with E-state index in [1.54, 1.807) is 18.2 Å². The highest BCUT2D eigenvalue weighted by molar-refractivity contribution is 6.31. The molecule has 7 rings (SSSR count). The van der Waals surface area contributed by atoms with Crippen LogP contribution in [-0.4, -0.2) is 41.2 Å². The zero-order valence-corrected chi connectivity index (χ0v) is 23.9. The molecule has 1 heterocycles. The molecule has 3 aromatic rings. The minimum Gasteiger partial charge on any atom is -0.454 e. The van der Waals surface area contributed by atoms with Crippen molar-refractivity contribution >= 4 is 41.0 Å². The highest BCUT2D eigenvalue weighted by Gasteiger charge is 2.63. The lowest BCUT2D eigenvalue weighted by atomic mass is 9.55. The molecule has 1 N–H and O–H groups in total. The van der Waals surface area contributed by atoms with Crippen LogP contribution in [-0.2, 0) is 23.9 Å². The maximum Gasteiger partial charge on any atom is 0.329 e. The summed E-state index contributed by atoms with van der Waals surface area (Å²) in [6, 6.07) is 20.0. The normalized spacial score (nSPS) is 22.7. The van der Waals surface area contributed by atoms with Gasteiger partial charge in [-0.2, -0.15) is 0 Å². The lowest BCUT2D eigenvalue weighted by Gasteiger charge is -2.45.